The number of rotatable bonds is 8. The molecular weight excluding hydrogens is 424 g/mol. The minimum absolute atomic E-state index is 0.00426. The van der Waals surface area contributed by atoms with Gasteiger partial charge in [0.1, 0.15) is 53.0 Å². The number of aliphatic hydroxyl groups is 4. The predicted octanol–water partition coefficient (Wildman–Crippen LogP) is 0.101. The monoisotopic (exact) mass is 450 g/mol. The third-order valence-electron chi connectivity index (χ3n) is 5.24. The molecule has 0 amide bonds. The molecule has 3 rings (SSSR count). The molecule has 2 aromatic rings. The number of methoxy groups -OCH3 is 1. The van der Waals surface area contributed by atoms with Crippen LogP contribution in [-0.4, -0.2) is 80.8 Å². The zero-order chi connectivity index (χ0) is 23.4. The quantitative estimate of drug-likeness (QED) is 0.304. The molecule has 2 aromatic carbocycles. The van der Waals surface area contributed by atoms with Crippen molar-refractivity contribution in [2.45, 2.75) is 43.5 Å². The van der Waals surface area contributed by atoms with Crippen LogP contribution in [-0.2, 0) is 11.2 Å². The van der Waals surface area contributed by atoms with Gasteiger partial charge in [-0.25, -0.2) is 0 Å². The molecule has 0 saturated carbocycles. The fraction of sp³-hybridized carbons (Fsp3) is 0.409. The first-order valence-corrected chi connectivity index (χ1v) is 9.94. The molecular formula is C22H26O10. The fourth-order valence-corrected chi connectivity index (χ4v) is 3.42. The van der Waals surface area contributed by atoms with Crippen molar-refractivity contribution in [3.63, 3.8) is 0 Å². The first kappa shape index (κ1) is 23.8. The zero-order valence-corrected chi connectivity index (χ0v) is 17.3. The normalized spacial score (nSPS) is 25.3. The van der Waals surface area contributed by atoms with Crippen molar-refractivity contribution >= 4 is 5.78 Å². The summed E-state index contributed by atoms with van der Waals surface area (Å²) in [6.07, 6.45) is -7.46. The van der Waals surface area contributed by atoms with E-state index in [4.69, 9.17) is 14.2 Å². The highest BCUT2D eigenvalue weighted by atomic mass is 16.7. The number of carbonyl (C=O) groups is 1. The lowest BCUT2D eigenvalue weighted by molar-refractivity contribution is -0.277. The van der Waals surface area contributed by atoms with Gasteiger partial charge in [0.25, 0.3) is 0 Å². The largest absolute Gasteiger partial charge is 0.508 e. The summed E-state index contributed by atoms with van der Waals surface area (Å²) in [5.41, 5.74) is 0.613. The van der Waals surface area contributed by atoms with E-state index in [0.29, 0.717) is 12.2 Å². The Morgan fingerprint density at radius 3 is 2.34 bits per heavy atom. The van der Waals surface area contributed by atoms with Crippen LogP contribution in [0.25, 0.3) is 0 Å². The van der Waals surface area contributed by atoms with Crippen LogP contribution in [0.1, 0.15) is 22.3 Å². The number of hydrogen-bond acceptors (Lipinski definition) is 10. The van der Waals surface area contributed by atoms with Gasteiger partial charge in [-0.15, -0.1) is 0 Å². The van der Waals surface area contributed by atoms with E-state index in [0.717, 1.165) is 17.7 Å². The van der Waals surface area contributed by atoms with E-state index in [1.165, 1.54) is 0 Å². The summed E-state index contributed by atoms with van der Waals surface area (Å²) in [5.74, 6) is -1.06. The van der Waals surface area contributed by atoms with Crippen molar-refractivity contribution in [1.82, 2.24) is 0 Å². The molecule has 5 atom stereocenters. The van der Waals surface area contributed by atoms with Crippen molar-refractivity contribution in [2.24, 2.45) is 0 Å². The Labute approximate surface area is 183 Å². The molecule has 1 fully saturated rings. The first-order chi connectivity index (χ1) is 15.2. The molecule has 32 heavy (non-hydrogen) atoms. The van der Waals surface area contributed by atoms with Crippen molar-refractivity contribution in [1.29, 1.82) is 0 Å². The van der Waals surface area contributed by atoms with Gasteiger partial charge in [-0.05, 0) is 24.1 Å². The molecule has 1 saturated heterocycles. The highest BCUT2D eigenvalue weighted by Gasteiger charge is 2.45. The summed E-state index contributed by atoms with van der Waals surface area (Å²) >= 11 is 0. The van der Waals surface area contributed by atoms with E-state index in [2.05, 4.69) is 0 Å². The van der Waals surface area contributed by atoms with Crippen LogP contribution in [0.2, 0.25) is 0 Å². The molecule has 174 valence electrons. The molecule has 0 bridgehead atoms. The van der Waals surface area contributed by atoms with Crippen LogP contribution in [0.15, 0.2) is 36.4 Å². The smallest absolute Gasteiger partial charge is 0.229 e. The van der Waals surface area contributed by atoms with Crippen LogP contribution in [0.5, 0.6) is 23.0 Å². The molecule has 0 radical (unpaired) electrons. The van der Waals surface area contributed by atoms with Crippen LogP contribution in [0.3, 0.4) is 0 Å². The van der Waals surface area contributed by atoms with E-state index >= 15 is 0 Å². The SMILES string of the molecule is COc1ccc(CCC(=O)c2c(O)cc(O)cc2O[C@@H]2OC(CO)[C@@H](O)[C@H](O)C2O)cc1. The van der Waals surface area contributed by atoms with Crippen LogP contribution in [0.4, 0.5) is 0 Å². The molecule has 1 aliphatic heterocycles. The summed E-state index contributed by atoms with van der Waals surface area (Å²) in [4.78, 5) is 12.9. The number of carbonyl (C=O) groups excluding carboxylic acids is 1. The maximum Gasteiger partial charge on any atom is 0.229 e. The fourth-order valence-electron chi connectivity index (χ4n) is 3.42. The second-order valence-corrected chi connectivity index (χ2v) is 7.42. The molecule has 6 N–H and O–H groups in total. The number of hydrogen-bond donors (Lipinski definition) is 6. The lowest BCUT2D eigenvalue weighted by atomic mass is 9.99. The minimum atomic E-state index is -1.72. The minimum Gasteiger partial charge on any atom is -0.508 e. The van der Waals surface area contributed by atoms with Gasteiger partial charge in [-0.2, -0.15) is 0 Å². The molecule has 2 unspecified atom stereocenters. The van der Waals surface area contributed by atoms with Crippen molar-refractivity contribution in [2.75, 3.05) is 13.7 Å². The van der Waals surface area contributed by atoms with Gasteiger partial charge in [0.2, 0.25) is 6.29 Å². The number of Topliss-reactive ketones (excluding diaryl/α,β-unsaturated/α-hetero) is 1. The first-order valence-electron chi connectivity index (χ1n) is 9.94. The predicted molar refractivity (Wildman–Crippen MR) is 110 cm³/mol. The molecule has 1 aliphatic rings. The maximum atomic E-state index is 12.9. The number of phenols is 2. The molecule has 1 heterocycles. The van der Waals surface area contributed by atoms with Gasteiger partial charge >= 0.3 is 0 Å². The molecule has 10 nitrogen and oxygen atoms in total. The van der Waals surface area contributed by atoms with E-state index < -0.39 is 54.6 Å². The lowest BCUT2D eigenvalue weighted by Gasteiger charge is -2.39. The number of ketones is 1. The van der Waals surface area contributed by atoms with Gasteiger partial charge < -0.3 is 44.8 Å². The second-order valence-electron chi connectivity index (χ2n) is 7.42. The third-order valence-corrected chi connectivity index (χ3v) is 5.24. The van der Waals surface area contributed by atoms with Crippen LogP contribution >= 0.6 is 0 Å². The Morgan fingerprint density at radius 1 is 1.03 bits per heavy atom. The average molecular weight is 450 g/mol. The number of aromatic hydroxyl groups is 2. The Morgan fingerprint density at radius 2 is 1.72 bits per heavy atom. The van der Waals surface area contributed by atoms with Gasteiger partial charge in [0.15, 0.2) is 5.78 Å². The highest BCUT2D eigenvalue weighted by Crippen LogP contribution is 2.36. The summed E-state index contributed by atoms with van der Waals surface area (Å²) in [7, 11) is 1.54. The third kappa shape index (κ3) is 5.12. The summed E-state index contributed by atoms with van der Waals surface area (Å²) < 4.78 is 15.9. The Balaban J connectivity index is 1.80. The van der Waals surface area contributed by atoms with Crippen molar-refractivity contribution in [3.05, 3.63) is 47.5 Å². The van der Waals surface area contributed by atoms with Gasteiger partial charge in [0.05, 0.1) is 13.7 Å². The Hall–Kier alpha value is -2.89. The summed E-state index contributed by atoms with van der Waals surface area (Å²) in [6, 6.07) is 9.14. The second kappa shape index (κ2) is 10.2. The molecule has 0 aromatic heterocycles. The van der Waals surface area contributed by atoms with E-state index in [1.54, 1.807) is 31.4 Å². The van der Waals surface area contributed by atoms with Crippen molar-refractivity contribution in [3.8, 4) is 23.0 Å². The highest BCUT2D eigenvalue weighted by molar-refractivity contribution is 6.01. The van der Waals surface area contributed by atoms with Gasteiger partial charge in [0, 0.05) is 18.6 Å². The zero-order valence-electron chi connectivity index (χ0n) is 17.3. The van der Waals surface area contributed by atoms with Crippen LogP contribution in [0, 0.1) is 0 Å². The van der Waals surface area contributed by atoms with E-state index in [9.17, 15) is 35.4 Å². The number of aliphatic hydroxyl groups excluding tert-OH is 4. The molecule has 10 heteroatoms. The average Bonchev–Trinajstić information content (AvgIpc) is 2.77. The standard InChI is InChI=1S/C22H26O10/c1-30-13-5-2-11(3-6-13)4-7-14(25)18-15(26)8-12(24)9-16(18)31-22-21(29)20(28)19(27)17(10-23)32-22/h2-3,5-6,8-9,17,19-24,26-29H,4,7,10H2,1H3/t17?,19-,20+,21?,22-/m1/s1. The van der Waals surface area contributed by atoms with E-state index in [-0.39, 0.29) is 17.7 Å². The topological polar surface area (TPSA) is 166 Å². The lowest BCUT2D eigenvalue weighted by Crippen LogP contribution is -2.60. The Bertz CT molecular complexity index is 927. The van der Waals surface area contributed by atoms with Gasteiger partial charge in [-0.1, -0.05) is 12.1 Å². The van der Waals surface area contributed by atoms with E-state index in [1.807, 2.05) is 0 Å². The number of ether oxygens (including phenoxy) is 3. The van der Waals surface area contributed by atoms with Gasteiger partial charge in [-0.3, -0.25) is 4.79 Å². The van der Waals surface area contributed by atoms with Crippen molar-refractivity contribution < 1.29 is 49.6 Å². The Kier molecular flexibility index (Phi) is 7.54. The summed E-state index contributed by atoms with van der Waals surface area (Å²) in [6.45, 7) is -0.663. The number of benzene rings is 2. The maximum absolute atomic E-state index is 12.9. The number of phenolic OH excluding ortho intramolecular Hbond substituents is 2. The molecule has 0 spiro atoms. The summed E-state index contributed by atoms with van der Waals surface area (Å²) in [5, 5.41) is 59.5. The molecule has 0 aliphatic carbocycles. The number of aryl methyl sites for hydroxylation is 1. The van der Waals surface area contributed by atoms with Crippen LogP contribution < -0.4 is 9.47 Å².